The lowest BCUT2D eigenvalue weighted by atomic mass is 9.84. The van der Waals surface area contributed by atoms with Crippen LogP contribution in [0.2, 0.25) is 0 Å². The van der Waals surface area contributed by atoms with Crippen LogP contribution in [-0.2, 0) is 5.60 Å². The van der Waals surface area contributed by atoms with E-state index in [4.69, 9.17) is 5.11 Å². The van der Waals surface area contributed by atoms with Gasteiger partial charge in [-0.05, 0) is 12.5 Å². The molecule has 0 bridgehead atoms. The van der Waals surface area contributed by atoms with Crippen LogP contribution in [0.25, 0.3) is 0 Å². The molecule has 2 aromatic rings. The minimum atomic E-state index is -1.39. The molecule has 19 heavy (non-hydrogen) atoms. The lowest BCUT2D eigenvalue weighted by Crippen LogP contribution is -2.26. The van der Waals surface area contributed by atoms with Crippen molar-refractivity contribution in [3.8, 4) is 11.8 Å². The molecule has 2 rings (SSSR count). The van der Waals surface area contributed by atoms with E-state index in [2.05, 4.69) is 11.8 Å². The monoisotopic (exact) mass is 252 g/mol. The standard InChI is InChI=1S/C17H16O2/c1-14-8-5-6-11-16(14)17(19,12-7-13-18)15-9-3-2-4-10-15/h2-6,8-11,18-19H,13H2,1H3. The molecular weight excluding hydrogens is 236 g/mol. The summed E-state index contributed by atoms with van der Waals surface area (Å²) in [4.78, 5) is 0. The van der Waals surface area contributed by atoms with E-state index in [1.165, 1.54) is 0 Å². The maximum Gasteiger partial charge on any atom is 0.177 e. The van der Waals surface area contributed by atoms with E-state index >= 15 is 0 Å². The minimum absolute atomic E-state index is 0.277. The van der Waals surface area contributed by atoms with Crippen LogP contribution in [0.3, 0.4) is 0 Å². The average molecular weight is 252 g/mol. The summed E-state index contributed by atoms with van der Waals surface area (Å²) < 4.78 is 0. The van der Waals surface area contributed by atoms with E-state index < -0.39 is 5.60 Å². The van der Waals surface area contributed by atoms with Gasteiger partial charge in [0.25, 0.3) is 0 Å². The number of aliphatic hydroxyl groups is 2. The van der Waals surface area contributed by atoms with Crippen LogP contribution in [0.5, 0.6) is 0 Å². The van der Waals surface area contributed by atoms with Crippen molar-refractivity contribution >= 4 is 0 Å². The average Bonchev–Trinajstić information content (AvgIpc) is 2.46. The summed E-state index contributed by atoms with van der Waals surface area (Å²) in [5.74, 6) is 5.34. The largest absolute Gasteiger partial charge is 0.384 e. The first-order chi connectivity index (χ1) is 9.18. The molecule has 0 fully saturated rings. The Morgan fingerprint density at radius 1 is 1.00 bits per heavy atom. The third kappa shape index (κ3) is 2.68. The van der Waals surface area contributed by atoms with Gasteiger partial charge in [-0.3, -0.25) is 0 Å². The van der Waals surface area contributed by atoms with E-state index in [1.54, 1.807) is 0 Å². The highest BCUT2D eigenvalue weighted by atomic mass is 16.3. The van der Waals surface area contributed by atoms with Crippen LogP contribution >= 0.6 is 0 Å². The van der Waals surface area contributed by atoms with Crippen LogP contribution in [0.4, 0.5) is 0 Å². The Morgan fingerprint density at radius 3 is 2.26 bits per heavy atom. The van der Waals surface area contributed by atoms with E-state index in [0.717, 1.165) is 11.1 Å². The number of aliphatic hydroxyl groups excluding tert-OH is 1. The van der Waals surface area contributed by atoms with Gasteiger partial charge in [0, 0.05) is 11.1 Å². The Kier molecular flexibility index (Phi) is 4.01. The molecule has 0 saturated carbocycles. The van der Waals surface area contributed by atoms with Crippen LogP contribution in [0.15, 0.2) is 54.6 Å². The predicted molar refractivity (Wildman–Crippen MR) is 75.5 cm³/mol. The van der Waals surface area contributed by atoms with Gasteiger partial charge in [-0.25, -0.2) is 0 Å². The molecular formula is C17H16O2. The highest BCUT2D eigenvalue weighted by Crippen LogP contribution is 2.31. The third-order valence-electron chi connectivity index (χ3n) is 3.07. The second-order valence-electron chi connectivity index (χ2n) is 4.35. The van der Waals surface area contributed by atoms with Crippen molar-refractivity contribution in [1.29, 1.82) is 0 Å². The van der Waals surface area contributed by atoms with Crippen LogP contribution < -0.4 is 0 Å². The van der Waals surface area contributed by atoms with Gasteiger partial charge in [0.05, 0.1) is 0 Å². The molecule has 0 aliphatic carbocycles. The normalized spacial score (nSPS) is 13.2. The first-order valence-corrected chi connectivity index (χ1v) is 6.13. The number of benzene rings is 2. The van der Waals surface area contributed by atoms with Gasteiger partial charge in [0.2, 0.25) is 0 Å². The Morgan fingerprint density at radius 2 is 1.63 bits per heavy atom. The lowest BCUT2D eigenvalue weighted by Gasteiger charge is -2.25. The third-order valence-corrected chi connectivity index (χ3v) is 3.07. The van der Waals surface area contributed by atoms with Gasteiger partial charge in [-0.1, -0.05) is 66.4 Å². The van der Waals surface area contributed by atoms with Crippen molar-refractivity contribution in [2.45, 2.75) is 12.5 Å². The van der Waals surface area contributed by atoms with Crippen molar-refractivity contribution in [2.24, 2.45) is 0 Å². The molecule has 1 unspecified atom stereocenters. The van der Waals surface area contributed by atoms with E-state index in [1.807, 2.05) is 61.5 Å². The van der Waals surface area contributed by atoms with Gasteiger partial charge in [0.1, 0.15) is 6.61 Å². The van der Waals surface area contributed by atoms with E-state index in [9.17, 15) is 5.11 Å². The Hall–Kier alpha value is -2.08. The van der Waals surface area contributed by atoms with Crippen molar-refractivity contribution in [2.75, 3.05) is 6.61 Å². The van der Waals surface area contributed by atoms with E-state index in [0.29, 0.717) is 5.56 Å². The van der Waals surface area contributed by atoms with Gasteiger partial charge in [-0.2, -0.15) is 0 Å². The smallest absolute Gasteiger partial charge is 0.177 e. The van der Waals surface area contributed by atoms with Crippen molar-refractivity contribution in [3.05, 3.63) is 71.3 Å². The second-order valence-corrected chi connectivity index (χ2v) is 4.35. The molecule has 0 spiro atoms. The fourth-order valence-corrected chi connectivity index (χ4v) is 2.12. The molecule has 2 N–H and O–H groups in total. The molecule has 0 heterocycles. The summed E-state index contributed by atoms with van der Waals surface area (Å²) in [5, 5.41) is 19.9. The maximum absolute atomic E-state index is 11.0. The summed E-state index contributed by atoms with van der Waals surface area (Å²) in [6.07, 6.45) is 0. The first-order valence-electron chi connectivity index (χ1n) is 6.13. The van der Waals surface area contributed by atoms with Crippen LogP contribution in [0, 0.1) is 18.8 Å². The molecule has 0 aliphatic rings. The zero-order valence-electron chi connectivity index (χ0n) is 10.8. The first kappa shape index (κ1) is 13.4. The quantitative estimate of drug-likeness (QED) is 0.805. The summed E-state index contributed by atoms with van der Waals surface area (Å²) in [5.41, 5.74) is 1.00. The van der Waals surface area contributed by atoms with Crippen molar-refractivity contribution < 1.29 is 10.2 Å². The van der Waals surface area contributed by atoms with Gasteiger partial charge >= 0.3 is 0 Å². The van der Waals surface area contributed by atoms with Crippen LogP contribution in [-0.4, -0.2) is 16.8 Å². The zero-order valence-corrected chi connectivity index (χ0v) is 10.8. The van der Waals surface area contributed by atoms with Gasteiger partial charge in [0.15, 0.2) is 5.60 Å². The molecule has 2 heteroatoms. The van der Waals surface area contributed by atoms with Crippen LogP contribution in [0.1, 0.15) is 16.7 Å². The number of hydrogen-bond acceptors (Lipinski definition) is 2. The second kappa shape index (κ2) is 5.71. The number of hydrogen-bond donors (Lipinski definition) is 2. The molecule has 0 saturated heterocycles. The Labute approximate surface area is 113 Å². The lowest BCUT2D eigenvalue weighted by molar-refractivity contribution is 0.144. The minimum Gasteiger partial charge on any atom is -0.384 e. The maximum atomic E-state index is 11.0. The molecule has 96 valence electrons. The molecule has 0 radical (unpaired) electrons. The predicted octanol–water partition coefficient (Wildman–Crippen LogP) is 2.23. The summed E-state index contributed by atoms with van der Waals surface area (Å²) >= 11 is 0. The molecule has 0 aromatic heterocycles. The fraction of sp³-hybridized carbons (Fsp3) is 0.176. The van der Waals surface area contributed by atoms with Gasteiger partial charge in [-0.15, -0.1) is 0 Å². The van der Waals surface area contributed by atoms with Crippen molar-refractivity contribution in [1.82, 2.24) is 0 Å². The molecule has 1 atom stereocenters. The van der Waals surface area contributed by atoms with Gasteiger partial charge < -0.3 is 10.2 Å². The summed E-state index contributed by atoms with van der Waals surface area (Å²) in [6, 6.07) is 16.9. The number of rotatable bonds is 2. The topological polar surface area (TPSA) is 40.5 Å². The zero-order chi connectivity index (χ0) is 13.7. The van der Waals surface area contributed by atoms with Crippen molar-refractivity contribution in [3.63, 3.8) is 0 Å². The highest BCUT2D eigenvalue weighted by Gasteiger charge is 2.30. The summed E-state index contributed by atoms with van der Waals surface area (Å²) in [6.45, 7) is 1.66. The number of aryl methyl sites for hydroxylation is 1. The summed E-state index contributed by atoms with van der Waals surface area (Å²) in [7, 11) is 0. The Balaban J connectivity index is 2.63. The highest BCUT2D eigenvalue weighted by molar-refractivity contribution is 5.47. The molecule has 0 aliphatic heterocycles. The molecule has 2 nitrogen and oxygen atoms in total. The fourth-order valence-electron chi connectivity index (χ4n) is 2.12. The molecule has 0 amide bonds. The van der Waals surface area contributed by atoms with E-state index in [-0.39, 0.29) is 6.61 Å². The SMILES string of the molecule is Cc1ccccc1C(O)(C#CCO)c1ccccc1. The Bertz CT molecular complexity index is 608. The molecule has 2 aromatic carbocycles.